The summed E-state index contributed by atoms with van der Waals surface area (Å²) in [6.45, 7) is 5.84. The van der Waals surface area contributed by atoms with Gasteiger partial charge in [0.15, 0.2) is 0 Å². The largest absolute Gasteiger partial charge is 0.395 e. The van der Waals surface area contributed by atoms with Gasteiger partial charge in [0, 0.05) is 6.42 Å². The van der Waals surface area contributed by atoms with Gasteiger partial charge in [-0.25, -0.2) is 0 Å². The zero-order chi connectivity index (χ0) is 7.11. The normalized spacial score (nSPS) is 7.78. The molecule has 9 heavy (non-hydrogen) atoms. The molecular weight excluding hydrogens is 112 g/mol. The molecule has 50 valence electrons. The average molecular weight is 124 g/mol. The zero-order valence-corrected chi connectivity index (χ0v) is 5.78. The van der Waals surface area contributed by atoms with E-state index in [1.165, 1.54) is 0 Å². The van der Waals surface area contributed by atoms with Gasteiger partial charge in [0.05, 0.1) is 6.61 Å². The maximum Gasteiger partial charge on any atom is 0.0540 e. The fourth-order valence-corrected chi connectivity index (χ4v) is 0.332. The number of aliphatic hydroxyl groups excluding tert-OH is 1. The molecule has 1 heteroatoms. The molecule has 0 saturated carbocycles. The molecule has 1 N–H and O–H groups in total. The van der Waals surface area contributed by atoms with Crippen molar-refractivity contribution in [3.63, 3.8) is 0 Å². The third kappa shape index (κ3) is 5.13. The van der Waals surface area contributed by atoms with Crippen molar-refractivity contribution in [2.45, 2.75) is 19.8 Å². The molecule has 0 heterocycles. The minimum atomic E-state index is 0.143. The van der Waals surface area contributed by atoms with Crippen molar-refractivity contribution in [2.24, 2.45) is 0 Å². The monoisotopic (exact) mass is 124 g/mol. The van der Waals surface area contributed by atoms with Gasteiger partial charge < -0.3 is 5.11 Å². The van der Waals surface area contributed by atoms with E-state index in [2.05, 4.69) is 18.4 Å². The van der Waals surface area contributed by atoms with Crippen molar-refractivity contribution in [1.29, 1.82) is 0 Å². The van der Waals surface area contributed by atoms with Crippen LogP contribution in [-0.4, -0.2) is 11.7 Å². The second kappa shape index (κ2) is 5.40. The van der Waals surface area contributed by atoms with Gasteiger partial charge in [0.1, 0.15) is 0 Å². The lowest BCUT2D eigenvalue weighted by atomic mass is 10.2. The first-order valence-corrected chi connectivity index (χ1v) is 3.08. The van der Waals surface area contributed by atoms with Gasteiger partial charge in [0.25, 0.3) is 0 Å². The van der Waals surface area contributed by atoms with Crippen molar-refractivity contribution in [1.82, 2.24) is 0 Å². The molecule has 0 aliphatic heterocycles. The van der Waals surface area contributed by atoms with E-state index in [0.29, 0.717) is 6.42 Å². The van der Waals surface area contributed by atoms with Crippen LogP contribution in [0.2, 0.25) is 0 Å². The van der Waals surface area contributed by atoms with E-state index in [9.17, 15) is 0 Å². The lowest BCUT2D eigenvalue weighted by Gasteiger charge is -1.84. The minimum absolute atomic E-state index is 0.143. The Morgan fingerprint density at radius 3 is 2.78 bits per heavy atom. The molecule has 1 nitrogen and oxygen atoms in total. The van der Waals surface area contributed by atoms with Gasteiger partial charge in [-0.1, -0.05) is 25.3 Å². The molecular formula is C8H12O. The van der Waals surface area contributed by atoms with E-state index in [0.717, 1.165) is 12.0 Å². The number of hydrogen-bond donors (Lipinski definition) is 1. The fourth-order valence-electron chi connectivity index (χ4n) is 0.332. The summed E-state index contributed by atoms with van der Waals surface area (Å²) in [5.74, 6) is 5.61. The summed E-state index contributed by atoms with van der Waals surface area (Å²) in [6, 6.07) is 0. The highest BCUT2D eigenvalue weighted by atomic mass is 16.2. The Morgan fingerprint density at radius 2 is 2.33 bits per heavy atom. The highest BCUT2D eigenvalue weighted by Crippen LogP contribution is 1.91. The molecule has 0 radical (unpaired) electrons. The Kier molecular flexibility index (Phi) is 4.95. The van der Waals surface area contributed by atoms with Gasteiger partial charge in [-0.2, -0.15) is 0 Å². The number of allylic oxidation sites excluding steroid dienone is 1. The quantitative estimate of drug-likeness (QED) is 0.551. The minimum Gasteiger partial charge on any atom is -0.395 e. The molecule has 0 fully saturated rings. The maximum atomic E-state index is 8.32. The molecule has 0 spiro atoms. The molecule has 0 aromatic heterocycles. The summed E-state index contributed by atoms with van der Waals surface area (Å²) in [4.78, 5) is 0. The van der Waals surface area contributed by atoms with E-state index in [1.807, 2.05) is 6.92 Å². The standard InChI is InChI=1S/C8H12O/c1-3-8(2)6-4-5-7-9/h9H,2-3,5,7H2,1H3. The Hall–Kier alpha value is -0.740. The van der Waals surface area contributed by atoms with Gasteiger partial charge in [0.2, 0.25) is 0 Å². The van der Waals surface area contributed by atoms with Crippen LogP contribution in [0.25, 0.3) is 0 Å². The van der Waals surface area contributed by atoms with Crippen LogP contribution < -0.4 is 0 Å². The second-order valence-electron chi connectivity index (χ2n) is 1.73. The van der Waals surface area contributed by atoms with Crippen LogP contribution in [0.5, 0.6) is 0 Å². The van der Waals surface area contributed by atoms with Crippen LogP contribution in [0, 0.1) is 11.8 Å². The predicted octanol–water partition coefficient (Wildman–Crippen LogP) is 1.34. The lowest BCUT2D eigenvalue weighted by Crippen LogP contribution is -1.76. The smallest absolute Gasteiger partial charge is 0.0540 e. The Bertz CT molecular complexity index is 136. The van der Waals surface area contributed by atoms with Crippen molar-refractivity contribution >= 4 is 0 Å². The highest BCUT2D eigenvalue weighted by Gasteiger charge is 1.77. The summed E-state index contributed by atoms with van der Waals surface area (Å²) in [7, 11) is 0. The Labute approximate surface area is 56.4 Å². The topological polar surface area (TPSA) is 20.2 Å². The third-order valence-corrected chi connectivity index (χ3v) is 0.929. The van der Waals surface area contributed by atoms with Crippen molar-refractivity contribution in [2.75, 3.05) is 6.61 Å². The van der Waals surface area contributed by atoms with Crippen LogP contribution in [0.4, 0.5) is 0 Å². The average Bonchev–Trinajstić information content (AvgIpc) is 1.89. The van der Waals surface area contributed by atoms with Crippen LogP contribution in [-0.2, 0) is 0 Å². The van der Waals surface area contributed by atoms with E-state index in [4.69, 9.17) is 5.11 Å². The van der Waals surface area contributed by atoms with Crippen molar-refractivity contribution < 1.29 is 5.11 Å². The molecule has 0 aromatic carbocycles. The third-order valence-electron chi connectivity index (χ3n) is 0.929. The first-order valence-electron chi connectivity index (χ1n) is 3.08. The molecule has 0 aromatic rings. The summed E-state index contributed by atoms with van der Waals surface area (Å²) in [6.07, 6.45) is 1.46. The molecule has 0 amide bonds. The van der Waals surface area contributed by atoms with Crippen molar-refractivity contribution in [3.8, 4) is 11.8 Å². The van der Waals surface area contributed by atoms with E-state index in [-0.39, 0.29) is 6.61 Å². The van der Waals surface area contributed by atoms with Gasteiger partial charge in [-0.05, 0) is 12.0 Å². The van der Waals surface area contributed by atoms with Crippen LogP contribution in [0.1, 0.15) is 19.8 Å². The molecule has 0 aliphatic carbocycles. The fraction of sp³-hybridized carbons (Fsp3) is 0.500. The first kappa shape index (κ1) is 8.26. The Morgan fingerprint density at radius 1 is 1.67 bits per heavy atom. The Balaban J connectivity index is 3.46. The van der Waals surface area contributed by atoms with E-state index >= 15 is 0 Å². The lowest BCUT2D eigenvalue weighted by molar-refractivity contribution is 0.305. The summed E-state index contributed by atoms with van der Waals surface area (Å²) in [5, 5.41) is 8.32. The second-order valence-corrected chi connectivity index (χ2v) is 1.73. The molecule has 0 saturated heterocycles. The van der Waals surface area contributed by atoms with E-state index in [1.54, 1.807) is 0 Å². The van der Waals surface area contributed by atoms with Gasteiger partial charge >= 0.3 is 0 Å². The summed E-state index contributed by atoms with van der Waals surface area (Å²) >= 11 is 0. The summed E-state index contributed by atoms with van der Waals surface area (Å²) in [5.41, 5.74) is 0.934. The molecule has 0 bridgehead atoms. The molecule has 0 unspecified atom stereocenters. The molecule has 0 rings (SSSR count). The maximum absolute atomic E-state index is 8.32. The first-order chi connectivity index (χ1) is 4.31. The number of aliphatic hydroxyl groups is 1. The zero-order valence-electron chi connectivity index (χ0n) is 5.78. The predicted molar refractivity (Wildman–Crippen MR) is 38.9 cm³/mol. The van der Waals surface area contributed by atoms with Crippen LogP contribution in [0.15, 0.2) is 12.2 Å². The highest BCUT2D eigenvalue weighted by molar-refractivity contribution is 5.24. The molecule has 0 atom stereocenters. The number of hydrogen-bond acceptors (Lipinski definition) is 1. The van der Waals surface area contributed by atoms with Crippen molar-refractivity contribution in [3.05, 3.63) is 12.2 Å². The summed E-state index contributed by atoms with van der Waals surface area (Å²) < 4.78 is 0. The van der Waals surface area contributed by atoms with Gasteiger partial charge in [-0.15, -0.1) is 0 Å². The van der Waals surface area contributed by atoms with Crippen LogP contribution >= 0.6 is 0 Å². The van der Waals surface area contributed by atoms with Crippen LogP contribution in [0.3, 0.4) is 0 Å². The number of rotatable bonds is 2. The van der Waals surface area contributed by atoms with E-state index < -0.39 is 0 Å². The SMILES string of the molecule is C=C(C#CCCO)CC. The molecule has 0 aliphatic rings. The van der Waals surface area contributed by atoms with Gasteiger partial charge in [-0.3, -0.25) is 0 Å².